The van der Waals surface area contributed by atoms with E-state index in [1.807, 2.05) is 30.3 Å². The Morgan fingerprint density at radius 1 is 1.12 bits per heavy atom. The highest BCUT2D eigenvalue weighted by Crippen LogP contribution is 2.17. The van der Waals surface area contributed by atoms with Crippen LogP contribution in [-0.4, -0.2) is 11.1 Å². The van der Waals surface area contributed by atoms with E-state index in [2.05, 4.69) is 34.8 Å². The molecule has 1 aromatic heterocycles. The fourth-order valence-corrected chi connectivity index (χ4v) is 2.63. The Kier molecular flexibility index (Phi) is 5.14. The van der Waals surface area contributed by atoms with Gasteiger partial charge in [0.25, 0.3) is 5.91 Å². The lowest BCUT2D eigenvalue weighted by Crippen LogP contribution is -2.12. The number of carbonyl (C=O) groups is 1. The van der Waals surface area contributed by atoms with Crippen LogP contribution in [0.15, 0.2) is 59.1 Å². The quantitative estimate of drug-likeness (QED) is 0.700. The van der Waals surface area contributed by atoms with Gasteiger partial charge in [-0.05, 0) is 42.7 Å². The smallest absolute Gasteiger partial charge is 0.256 e. The lowest BCUT2D eigenvalue weighted by atomic mass is 10.1. The summed E-state index contributed by atoms with van der Waals surface area (Å²) in [5.41, 5.74) is 4.02. The van der Waals surface area contributed by atoms with Crippen molar-refractivity contribution in [2.45, 2.75) is 26.8 Å². The molecule has 0 atom stereocenters. The van der Waals surface area contributed by atoms with Crippen molar-refractivity contribution in [2.75, 3.05) is 10.6 Å². The van der Waals surface area contributed by atoms with Gasteiger partial charge in [-0.15, -0.1) is 0 Å². The van der Waals surface area contributed by atoms with Crippen molar-refractivity contribution in [2.24, 2.45) is 0 Å². The molecular weight excluding hydrogens is 314 g/mol. The van der Waals surface area contributed by atoms with Crippen molar-refractivity contribution in [1.82, 2.24) is 5.16 Å². The molecule has 0 radical (unpaired) electrons. The van der Waals surface area contributed by atoms with Crippen molar-refractivity contribution < 1.29 is 9.32 Å². The number of rotatable bonds is 6. The molecule has 3 rings (SSSR count). The molecule has 3 aromatic rings. The fourth-order valence-electron chi connectivity index (χ4n) is 2.63. The van der Waals surface area contributed by atoms with E-state index in [4.69, 9.17) is 4.52 Å². The molecule has 0 unspecified atom stereocenters. The van der Waals surface area contributed by atoms with Crippen molar-refractivity contribution >= 4 is 17.4 Å². The molecule has 0 aliphatic carbocycles. The molecular formula is C20H21N3O2. The summed E-state index contributed by atoms with van der Waals surface area (Å²) in [5, 5.41) is 9.95. The van der Waals surface area contributed by atoms with E-state index in [-0.39, 0.29) is 5.91 Å². The third-order valence-corrected chi connectivity index (χ3v) is 3.94. The summed E-state index contributed by atoms with van der Waals surface area (Å²) in [7, 11) is 0. The van der Waals surface area contributed by atoms with Crippen molar-refractivity contribution in [3.8, 4) is 0 Å². The number of carbonyl (C=O) groups excluding carboxylic acids is 1. The van der Waals surface area contributed by atoms with Crippen molar-refractivity contribution in [3.63, 3.8) is 0 Å². The Labute approximate surface area is 147 Å². The minimum Gasteiger partial charge on any atom is -0.381 e. The Morgan fingerprint density at radius 2 is 1.96 bits per heavy atom. The summed E-state index contributed by atoms with van der Waals surface area (Å²) < 4.78 is 4.96. The van der Waals surface area contributed by atoms with E-state index >= 15 is 0 Å². The normalized spacial score (nSPS) is 10.5. The number of hydrogen-bond donors (Lipinski definition) is 2. The molecule has 0 bridgehead atoms. The lowest BCUT2D eigenvalue weighted by molar-refractivity contribution is 0.102. The maximum Gasteiger partial charge on any atom is 0.256 e. The van der Waals surface area contributed by atoms with Gasteiger partial charge in [0.1, 0.15) is 5.76 Å². The standard InChI is InChI=1S/C20H21N3O2/c1-3-16-8-4-5-10-18(16)21-13-15-7-6-9-17(12-15)20(24)22-19-11-14(2)25-23-19/h4-12,21H,3,13H2,1-2H3,(H,22,23,24). The third-order valence-electron chi connectivity index (χ3n) is 3.94. The summed E-state index contributed by atoms with van der Waals surface area (Å²) in [6.45, 7) is 4.57. The van der Waals surface area contributed by atoms with Crippen LogP contribution in [0.25, 0.3) is 0 Å². The summed E-state index contributed by atoms with van der Waals surface area (Å²) in [6, 6.07) is 17.5. The van der Waals surface area contributed by atoms with Crippen LogP contribution in [0.4, 0.5) is 11.5 Å². The third kappa shape index (κ3) is 4.26. The van der Waals surface area contributed by atoms with Gasteiger partial charge in [-0.25, -0.2) is 0 Å². The van der Waals surface area contributed by atoms with Gasteiger partial charge in [0, 0.05) is 23.9 Å². The van der Waals surface area contributed by atoms with E-state index in [1.165, 1.54) is 5.56 Å². The molecule has 0 aliphatic rings. The Morgan fingerprint density at radius 3 is 2.72 bits per heavy atom. The molecule has 2 N–H and O–H groups in total. The molecule has 1 amide bonds. The highest BCUT2D eigenvalue weighted by molar-refractivity contribution is 6.03. The van der Waals surface area contributed by atoms with Crippen LogP contribution in [0, 0.1) is 6.92 Å². The maximum atomic E-state index is 12.3. The van der Waals surface area contributed by atoms with Crippen LogP contribution in [0.5, 0.6) is 0 Å². The monoisotopic (exact) mass is 335 g/mol. The molecule has 5 nitrogen and oxygen atoms in total. The molecule has 0 fully saturated rings. The number of nitrogens with zero attached hydrogens (tertiary/aromatic N) is 1. The lowest BCUT2D eigenvalue weighted by Gasteiger charge is -2.11. The van der Waals surface area contributed by atoms with Crippen LogP contribution < -0.4 is 10.6 Å². The van der Waals surface area contributed by atoms with E-state index in [9.17, 15) is 4.79 Å². The van der Waals surface area contributed by atoms with Crippen LogP contribution in [-0.2, 0) is 13.0 Å². The highest BCUT2D eigenvalue weighted by atomic mass is 16.5. The first kappa shape index (κ1) is 16.8. The molecule has 1 heterocycles. The number of benzene rings is 2. The first-order valence-corrected chi connectivity index (χ1v) is 8.31. The maximum absolute atomic E-state index is 12.3. The van der Waals surface area contributed by atoms with E-state index in [1.54, 1.807) is 19.1 Å². The second kappa shape index (κ2) is 7.66. The minimum atomic E-state index is -0.205. The summed E-state index contributed by atoms with van der Waals surface area (Å²) in [4.78, 5) is 12.3. The van der Waals surface area contributed by atoms with Crippen LogP contribution in [0.2, 0.25) is 0 Å². The number of anilines is 2. The number of aromatic nitrogens is 1. The van der Waals surface area contributed by atoms with E-state index in [0.717, 1.165) is 17.7 Å². The molecule has 0 saturated carbocycles. The molecule has 2 aromatic carbocycles. The van der Waals surface area contributed by atoms with Crippen LogP contribution in [0.3, 0.4) is 0 Å². The molecule has 128 valence electrons. The van der Waals surface area contributed by atoms with Crippen molar-refractivity contribution in [1.29, 1.82) is 0 Å². The number of aryl methyl sites for hydroxylation is 2. The first-order chi connectivity index (χ1) is 12.2. The number of para-hydroxylation sites is 1. The Bertz CT molecular complexity index is 871. The van der Waals surface area contributed by atoms with Gasteiger partial charge in [0.2, 0.25) is 0 Å². The van der Waals surface area contributed by atoms with Gasteiger partial charge in [0.15, 0.2) is 5.82 Å². The van der Waals surface area contributed by atoms with Gasteiger partial charge >= 0.3 is 0 Å². The Hall–Kier alpha value is -3.08. The summed E-state index contributed by atoms with van der Waals surface area (Å²) in [6.07, 6.45) is 0.975. The molecule has 0 spiro atoms. The zero-order valence-electron chi connectivity index (χ0n) is 14.4. The zero-order valence-corrected chi connectivity index (χ0v) is 14.4. The highest BCUT2D eigenvalue weighted by Gasteiger charge is 2.09. The van der Waals surface area contributed by atoms with Gasteiger partial charge in [0.05, 0.1) is 0 Å². The summed E-state index contributed by atoms with van der Waals surface area (Å²) >= 11 is 0. The van der Waals surface area contributed by atoms with E-state index < -0.39 is 0 Å². The second-order valence-corrected chi connectivity index (χ2v) is 5.84. The molecule has 5 heteroatoms. The summed E-state index contributed by atoms with van der Waals surface area (Å²) in [5.74, 6) is 0.870. The van der Waals surface area contributed by atoms with E-state index in [0.29, 0.717) is 23.7 Å². The molecule has 25 heavy (non-hydrogen) atoms. The predicted octanol–water partition coefficient (Wildman–Crippen LogP) is 4.41. The average Bonchev–Trinajstić information content (AvgIpc) is 3.05. The number of amides is 1. The van der Waals surface area contributed by atoms with Gasteiger partial charge in [-0.2, -0.15) is 0 Å². The topological polar surface area (TPSA) is 67.2 Å². The average molecular weight is 335 g/mol. The van der Waals surface area contributed by atoms with Crippen molar-refractivity contribution in [3.05, 3.63) is 77.0 Å². The molecule has 0 saturated heterocycles. The fraction of sp³-hybridized carbons (Fsp3) is 0.200. The largest absolute Gasteiger partial charge is 0.381 e. The second-order valence-electron chi connectivity index (χ2n) is 5.84. The zero-order chi connectivity index (χ0) is 17.6. The Balaban J connectivity index is 1.67. The van der Waals surface area contributed by atoms with Crippen LogP contribution in [0.1, 0.15) is 34.2 Å². The number of nitrogens with one attached hydrogen (secondary N) is 2. The van der Waals surface area contributed by atoms with Gasteiger partial charge < -0.3 is 15.2 Å². The van der Waals surface area contributed by atoms with Gasteiger partial charge in [-0.1, -0.05) is 42.4 Å². The van der Waals surface area contributed by atoms with Crippen LogP contribution >= 0.6 is 0 Å². The predicted molar refractivity (Wildman–Crippen MR) is 98.8 cm³/mol. The number of hydrogen-bond acceptors (Lipinski definition) is 4. The SMILES string of the molecule is CCc1ccccc1NCc1cccc(C(=O)Nc2cc(C)on2)c1. The van der Waals surface area contributed by atoms with Gasteiger partial charge in [-0.3, -0.25) is 4.79 Å². The minimum absolute atomic E-state index is 0.205. The molecule has 0 aliphatic heterocycles. The first-order valence-electron chi connectivity index (χ1n) is 8.31.